The van der Waals surface area contributed by atoms with E-state index in [2.05, 4.69) is 17.4 Å². The van der Waals surface area contributed by atoms with Crippen molar-refractivity contribution in [2.45, 2.75) is 24.8 Å². The van der Waals surface area contributed by atoms with E-state index in [1.165, 1.54) is 5.56 Å². The third-order valence-corrected chi connectivity index (χ3v) is 6.55. The second-order valence-corrected chi connectivity index (χ2v) is 8.71. The zero-order valence-corrected chi connectivity index (χ0v) is 17.7. The normalized spacial score (nSPS) is 22.9. The number of nitrogens with one attached hydrogen (secondary N) is 1. The number of fused-ring (bicyclic) bond motifs is 2. The number of anilines is 1. The Bertz CT molecular complexity index is 1140. The molecule has 0 saturated heterocycles. The Kier molecular flexibility index (Phi) is 5.10. The Hall–Kier alpha value is -2.62. The molecule has 0 aromatic heterocycles. The summed E-state index contributed by atoms with van der Waals surface area (Å²) in [4.78, 5) is 18.5. The van der Waals surface area contributed by atoms with Crippen molar-refractivity contribution in [1.29, 1.82) is 0 Å². The Morgan fingerprint density at radius 3 is 2.47 bits per heavy atom. The van der Waals surface area contributed by atoms with Crippen molar-refractivity contribution in [2.75, 3.05) is 5.32 Å². The van der Waals surface area contributed by atoms with E-state index in [1.807, 2.05) is 54.6 Å². The van der Waals surface area contributed by atoms with Crippen molar-refractivity contribution in [3.63, 3.8) is 0 Å². The van der Waals surface area contributed by atoms with E-state index >= 15 is 0 Å². The highest BCUT2D eigenvalue weighted by Crippen LogP contribution is 2.45. The van der Waals surface area contributed by atoms with Gasteiger partial charge in [-0.3, -0.25) is 9.79 Å². The summed E-state index contributed by atoms with van der Waals surface area (Å²) in [6.45, 7) is 0. The molecule has 0 spiro atoms. The number of hydrogen-bond donors (Lipinski definition) is 1. The fraction of sp³-hybridized carbons (Fsp3) is 0.200. The minimum Gasteiger partial charge on any atom is -0.375 e. The SMILES string of the molecule is O=C1CC(c2ccccc2)CC2=Nc3ccccc3NC(c3ccc(Cl)cc3Cl)C12. The van der Waals surface area contributed by atoms with Crippen LogP contribution in [0.25, 0.3) is 0 Å². The molecule has 1 N–H and O–H groups in total. The van der Waals surface area contributed by atoms with Crippen molar-refractivity contribution < 1.29 is 4.79 Å². The van der Waals surface area contributed by atoms with E-state index in [-0.39, 0.29) is 23.7 Å². The molecule has 3 aromatic rings. The molecule has 0 amide bonds. The summed E-state index contributed by atoms with van der Waals surface area (Å²) in [7, 11) is 0. The van der Waals surface area contributed by atoms with E-state index in [4.69, 9.17) is 28.2 Å². The van der Waals surface area contributed by atoms with Crippen LogP contribution in [0.5, 0.6) is 0 Å². The molecule has 0 radical (unpaired) electrons. The summed E-state index contributed by atoms with van der Waals surface area (Å²) >= 11 is 12.7. The number of ketones is 1. The first kappa shape index (κ1) is 19.3. The predicted molar refractivity (Wildman–Crippen MR) is 123 cm³/mol. The van der Waals surface area contributed by atoms with Gasteiger partial charge in [0.25, 0.3) is 0 Å². The van der Waals surface area contributed by atoms with Gasteiger partial charge in [-0.1, -0.05) is 71.7 Å². The number of benzene rings is 3. The first-order valence-electron chi connectivity index (χ1n) is 10.1. The molecule has 5 heteroatoms. The maximum atomic E-state index is 13.5. The summed E-state index contributed by atoms with van der Waals surface area (Å²) in [5, 5.41) is 4.68. The molecule has 1 fully saturated rings. The molecule has 5 rings (SSSR count). The molecule has 30 heavy (non-hydrogen) atoms. The number of Topliss-reactive ketones (excluding diaryl/α,β-unsaturated/α-hetero) is 1. The number of carbonyl (C=O) groups is 1. The lowest BCUT2D eigenvalue weighted by atomic mass is 9.72. The van der Waals surface area contributed by atoms with Crippen LogP contribution in [0.1, 0.15) is 35.9 Å². The van der Waals surface area contributed by atoms with Crippen LogP contribution in [0.4, 0.5) is 11.4 Å². The second kappa shape index (κ2) is 7.90. The van der Waals surface area contributed by atoms with E-state index < -0.39 is 0 Å². The third-order valence-electron chi connectivity index (χ3n) is 5.99. The monoisotopic (exact) mass is 434 g/mol. The topological polar surface area (TPSA) is 41.5 Å². The minimum atomic E-state index is -0.365. The lowest BCUT2D eigenvalue weighted by molar-refractivity contribution is -0.122. The van der Waals surface area contributed by atoms with Crippen LogP contribution in [0, 0.1) is 5.92 Å². The first-order chi connectivity index (χ1) is 14.6. The van der Waals surface area contributed by atoms with Gasteiger partial charge >= 0.3 is 0 Å². The molecular formula is C25H20Cl2N2O. The lowest BCUT2D eigenvalue weighted by Crippen LogP contribution is -2.38. The Balaban J connectivity index is 1.62. The smallest absolute Gasteiger partial charge is 0.144 e. The molecule has 0 bridgehead atoms. The molecule has 3 atom stereocenters. The van der Waals surface area contributed by atoms with Gasteiger partial charge in [0.2, 0.25) is 0 Å². The van der Waals surface area contributed by atoms with E-state index in [0.717, 1.165) is 29.1 Å². The quantitative estimate of drug-likeness (QED) is 0.471. The van der Waals surface area contributed by atoms with Crippen molar-refractivity contribution in [2.24, 2.45) is 10.9 Å². The number of nitrogens with zero attached hydrogens (tertiary/aromatic N) is 1. The summed E-state index contributed by atoms with van der Waals surface area (Å²) in [6, 6.07) is 23.3. The number of hydrogen-bond acceptors (Lipinski definition) is 3. The predicted octanol–water partition coefficient (Wildman–Crippen LogP) is 7.00. The van der Waals surface area contributed by atoms with Crippen LogP contribution in [0.15, 0.2) is 77.8 Å². The van der Waals surface area contributed by atoms with Gasteiger partial charge in [0, 0.05) is 22.2 Å². The molecule has 2 aliphatic rings. The molecule has 1 heterocycles. The molecule has 1 aliphatic carbocycles. The summed E-state index contributed by atoms with van der Waals surface area (Å²) in [5.41, 5.74) is 4.71. The number of para-hydroxylation sites is 2. The van der Waals surface area contributed by atoms with Crippen molar-refractivity contribution in [1.82, 2.24) is 0 Å². The standard InChI is InChI=1S/C25H20Cl2N2O/c26-17-10-11-18(19(27)14-17)25-24-22(28-20-8-4-5-9-21(20)29-25)12-16(13-23(24)30)15-6-2-1-3-7-15/h1-11,14,16,24-25,29H,12-13H2. The van der Waals surface area contributed by atoms with Crippen LogP contribution in [-0.2, 0) is 4.79 Å². The molecule has 3 nitrogen and oxygen atoms in total. The molecule has 1 aliphatic heterocycles. The van der Waals surface area contributed by atoms with Crippen molar-refractivity contribution in [3.8, 4) is 0 Å². The molecule has 3 aromatic carbocycles. The van der Waals surface area contributed by atoms with Gasteiger partial charge in [-0.25, -0.2) is 0 Å². The maximum absolute atomic E-state index is 13.5. The van der Waals surface area contributed by atoms with Gasteiger partial charge in [-0.15, -0.1) is 0 Å². The molecule has 1 saturated carbocycles. The summed E-state index contributed by atoms with van der Waals surface area (Å²) in [6.07, 6.45) is 1.24. The largest absolute Gasteiger partial charge is 0.375 e. The highest BCUT2D eigenvalue weighted by Gasteiger charge is 2.42. The lowest BCUT2D eigenvalue weighted by Gasteiger charge is -2.34. The number of halogens is 2. The highest BCUT2D eigenvalue weighted by atomic mass is 35.5. The molecular weight excluding hydrogens is 415 g/mol. The van der Waals surface area contributed by atoms with Gasteiger partial charge in [-0.2, -0.15) is 0 Å². The van der Waals surface area contributed by atoms with Crippen LogP contribution < -0.4 is 5.32 Å². The van der Waals surface area contributed by atoms with Gasteiger partial charge in [0.1, 0.15) is 5.78 Å². The van der Waals surface area contributed by atoms with E-state index in [1.54, 1.807) is 6.07 Å². The Morgan fingerprint density at radius 1 is 0.900 bits per heavy atom. The second-order valence-electron chi connectivity index (χ2n) is 7.87. The molecule has 150 valence electrons. The van der Waals surface area contributed by atoms with E-state index in [0.29, 0.717) is 16.5 Å². The van der Waals surface area contributed by atoms with Gasteiger partial charge < -0.3 is 5.32 Å². The van der Waals surface area contributed by atoms with E-state index in [9.17, 15) is 4.79 Å². The fourth-order valence-electron chi connectivity index (χ4n) is 4.57. The Labute approximate surface area is 185 Å². The first-order valence-corrected chi connectivity index (χ1v) is 10.8. The highest BCUT2D eigenvalue weighted by molar-refractivity contribution is 6.35. The zero-order valence-electron chi connectivity index (χ0n) is 16.2. The zero-order chi connectivity index (χ0) is 20.7. The number of rotatable bonds is 2. The van der Waals surface area contributed by atoms with Crippen molar-refractivity contribution >= 4 is 46.1 Å². The fourth-order valence-corrected chi connectivity index (χ4v) is 5.10. The van der Waals surface area contributed by atoms with Crippen LogP contribution >= 0.6 is 23.2 Å². The maximum Gasteiger partial charge on any atom is 0.144 e. The van der Waals surface area contributed by atoms with Gasteiger partial charge in [0.05, 0.1) is 23.3 Å². The molecule has 3 unspecified atom stereocenters. The van der Waals surface area contributed by atoms with Crippen molar-refractivity contribution in [3.05, 3.63) is 94.0 Å². The Morgan fingerprint density at radius 2 is 1.67 bits per heavy atom. The minimum absolute atomic E-state index is 0.139. The summed E-state index contributed by atoms with van der Waals surface area (Å²) in [5.74, 6) is -0.0403. The van der Waals surface area contributed by atoms with Crippen LogP contribution in [0.2, 0.25) is 10.0 Å². The van der Waals surface area contributed by atoms with Crippen LogP contribution in [0.3, 0.4) is 0 Å². The average molecular weight is 435 g/mol. The number of carbonyl (C=O) groups excluding carboxylic acids is 1. The average Bonchev–Trinajstić information content (AvgIpc) is 2.91. The third kappa shape index (κ3) is 3.53. The van der Waals surface area contributed by atoms with Crippen LogP contribution in [-0.4, -0.2) is 11.5 Å². The summed E-state index contributed by atoms with van der Waals surface area (Å²) < 4.78 is 0. The number of aliphatic imine (C=N–C) groups is 1. The van der Waals surface area contributed by atoms with Gasteiger partial charge in [-0.05, 0) is 47.7 Å². The van der Waals surface area contributed by atoms with Gasteiger partial charge in [0.15, 0.2) is 0 Å².